The molecule has 2 aromatic rings. The fourth-order valence-electron chi connectivity index (χ4n) is 1.90. The Bertz CT molecular complexity index is 554. The maximum atomic E-state index is 5.00. The van der Waals surface area contributed by atoms with Crippen LogP contribution in [0.25, 0.3) is 0 Å². The number of benzene rings is 1. The molecule has 1 heterocycles. The minimum absolute atomic E-state index is 0.537. The molecule has 0 aliphatic heterocycles. The molecule has 0 saturated heterocycles. The standard InChI is InChI=1S/C16H22N4O/c1-12(2)13-4-6-14(7-5-13)20-16-10-15(18-11-19-16)17-8-9-21-3/h4-7,10-12H,8-9H2,1-3H3,(H2,17,18,19,20). The van der Waals surface area contributed by atoms with E-state index < -0.39 is 0 Å². The summed E-state index contributed by atoms with van der Waals surface area (Å²) in [4.78, 5) is 8.40. The number of hydrogen-bond donors (Lipinski definition) is 2. The molecule has 0 aliphatic carbocycles. The van der Waals surface area contributed by atoms with E-state index in [9.17, 15) is 0 Å². The van der Waals surface area contributed by atoms with Crippen LogP contribution >= 0.6 is 0 Å². The highest BCUT2D eigenvalue weighted by Gasteiger charge is 2.01. The summed E-state index contributed by atoms with van der Waals surface area (Å²) < 4.78 is 5.00. The summed E-state index contributed by atoms with van der Waals surface area (Å²) in [5.74, 6) is 2.08. The lowest BCUT2D eigenvalue weighted by Crippen LogP contribution is -2.09. The third-order valence-electron chi connectivity index (χ3n) is 3.13. The van der Waals surface area contributed by atoms with E-state index in [0.717, 1.165) is 23.9 Å². The van der Waals surface area contributed by atoms with Gasteiger partial charge in [-0.2, -0.15) is 0 Å². The zero-order chi connectivity index (χ0) is 15.1. The van der Waals surface area contributed by atoms with Gasteiger partial charge in [-0.05, 0) is 23.6 Å². The molecule has 0 aliphatic rings. The van der Waals surface area contributed by atoms with Crippen LogP contribution in [0.1, 0.15) is 25.3 Å². The summed E-state index contributed by atoms with van der Waals surface area (Å²) in [6, 6.07) is 10.3. The minimum Gasteiger partial charge on any atom is -0.383 e. The van der Waals surface area contributed by atoms with Crippen LogP contribution in [0.5, 0.6) is 0 Å². The summed E-state index contributed by atoms with van der Waals surface area (Å²) >= 11 is 0. The third kappa shape index (κ3) is 4.72. The van der Waals surface area contributed by atoms with Gasteiger partial charge in [-0.1, -0.05) is 26.0 Å². The van der Waals surface area contributed by atoms with Crippen molar-refractivity contribution in [2.24, 2.45) is 0 Å². The average molecular weight is 286 g/mol. The van der Waals surface area contributed by atoms with E-state index >= 15 is 0 Å². The monoisotopic (exact) mass is 286 g/mol. The molecule has 2 N–H and O–H groups in total. The molecule has 0 spiro atoms. The van der Waals surface area contributed by atoms with Crippen molar-refractivity contribution in [3.8, 4) is 0 Å². The number of rotatable bonds is 7. The summed E-state index contributed by atoms with van der Waals surface area (Å²) in [5.41, 5.74) is 2.34. The molecule has 0 fully saturated rings. The number of methoxy groups -OCH3 is 1. The smallest absolute Gasteiger partial charge is 0.135 e. The predicted molar refractivity (Wildman–Crippen MR) is 86.2 cm³/mol. The number of nitrogens with one attached hydrogen (secondary N) is 2. The van der Waals surface area contributed by atoms with Crippen molar-refractivity contribution in [3.05, 3.63) is 42.2 Å². The van der Waals surface area contributed by atoms with E-state index in [0.29, 0.717) is 12.5 Å². The van der Waals surface area contributed by atoms with Crippen molar-refractivity contribution in [3.63, 3.8) is 0 Å². The molecule has 0 amide bonds. The fraction of sp³-hybridized carbons (Fsp3) is 0.375. The first kappa shape index (κ1) is 15.3. The van der Waals surface area contributed by atoms with Crippen molar-refractivity contribution in [2.45, 2.75) is 19.8 Å². The van der Waals surface area contributed by atoms with Gasteiger partial charge in [0.25, 0.3) is 0 Å². The second-order valence-corrected chi connectivity index (χ2v) is 5.11. The van der Waals surface area contributed by atoms with Crippen LogP contribution in [-0.4, -0.2) is 30.2 Å². The van der Waals surface area contributed by atoms with Crippen LogP contribution in [0, 0.1) is 0 Å². The first-order chi connectivity index (χ1) is 10.2. The zero-order valence-corrected chi connectivity index (χ0v) is 12.8. The number of aromatic nitrogens is 2. The number of nitrogens with zero attached hydrogens (tertiary/aromatic N) is 2. The van der Waals surface area contributed by atoms with Crippen LogP contribution < -0.4 is 10.6 Å². The molecule has 2 rings (SSSR count). The van der Waals surface area contributed by atoms with Crippen molar-refractivity contribution in [1.29, 1.82) is 0 Å². The Morgan fingerprint density at radius 2 is 1.81 bits per heavy atom. The number of anilines is 3. The largest absolute Gasteiger partial charge is 0.383 e. The summed E-state index contributed by atoms with van der Waals surface area (Å²) in [6.07, 6.45) is 1.54. The topological polar surface area (TPSA) is 59.1 Å². The highest BCUT2D eigenvalue weighted by Crippen LogP contribution is 2.20. The average Bonchev–Trinajstić information content (AvgIpc) is 2.48. The van der Waals surface area contributed by atoms with E-state index in [1.807, 2.05) is 6.07 Å². The van der Waals surface area contributed by atoms with Gasteiger partial charge >= 0.3 is 0 Å². The Labute approximate surface area is 125 Å². The normalized spacial score (nSPS) is 10.7. The SMILES string of the molecule is COCCNc1cc(Nc2ccc(C(C)C)cc2)ncn1. The molecule has 0 atom stereocenters. The highest BCUT2D eigenvalue weighted by atomic mass is 16.5. The van der Waals surface area contributed by atoms with E-state index in [1.54, 1.807) is 13.4 Å². The molecule has 5 nitrogen and oxygen atoms in total. The van der Waals surface area contributed by atoms with Crippen LogP contribution in [0.4, 0.5) is 17.3 Å². The van der Waals surface area contributed by atoms with Crippen molar-refractivity contribution in [2.75, 3.05) is 30.9 Å². The Hall–Kier alpha value is -2.14. The van der Waals surface area contributed by atoms with Gasteiger partial charge in [-0.15, -0.1) is 0 Å². The second kappa shape index (κ2) is 7.59. The maximum absolute atomic E-state index is 5.00. The first-order valence-electron chi connectivity index (χ1n) is 7.11. The summed E-state index contributed by atoms with van der Waals surface area (Å²) in [7, 11) is 1.68. The summed E-state index contributed by atoms with van der Waals surface area (Å²) in [6.45, 7) is 5.73. The van der Waals surface area contributed by atoms with Crippen LogP contribution in [0.2, 0.25) is 0 Å². The third-order valence-corrected chi connectivity index (χ3v) is 3.13. The lowest BCUT2D eigenvalue weighted by Gasteiger charge is -2.10. The van der Waals surface area contributed by atoms with Crippen LogP contribution in [-0.2, 0) is 4.74 Å². The number of hydrogen-bond acceptors (Lipinski definition) is 5. The van der Waals surface area contributed by atoms with E-state index in [2.05, 4.69) is 58.7 Å². The van der Waals surface area contributed by atoms with Gasteiger partial charge in [0.15, 0.2) is 0 Å². The van der Waals surface area contributed by atoms with Gasteiger partial charge < -0.3 is 15.4 Å². The zero-order valence-electron chi connectivity index (χ0n) is 12.8. The number of ether oxygens (including phenoxy) is 1. The predicted octanol–water partition coefficient (Wildman–Crippen LogP) is 3.40. The quantitative estimate of drug-likeness (QED) is 0.764. The Balaban J connectivity index is 2.00. The minimum atomic E-state index is 0.537. The van der Waals surface area contributed by atoms with Crippen molar-refractivity contribution in [1.82, 2.24) is 9.97 Å². The maximum Gasteiger partial charge on any atom is 0.135 e. The molecule has 0 unspecified atom stereocenters. The van der Waals surface area contributed by atoms with Crippen molar-refractivity contribution < 1.29 is 4.74 Å². The van der Waals surface area contributed by atoms with E-state index in [-0.39, 0.29) is 0 Å². The highest BCUT2D eigenvalue weighted by molar-refractivity contribution is 5.59. The molecular weight excluding hydrogens is 264 g/mol. The first-order valence-corrected chi connectivity index (χ1v) is 7.11. The Morgan fingerprint density at radius 3 is 2.48 bits per heavy atom. The summed E-state index contributed by atoms with van der Waals surface area (Å²) in [5, 5.41) is 6.46. The lowest BCUT2D eigenvalue weighted by molar-refractivity contribution is 0.210. The molecule has 21 heavy (non-hydrogen) atoms. The van der Waals surface area contributed by atoms with Crippen LogP contribution in [0.3, 0.4) is 0 Å². The molecule has 1 aromatic heterocycles. The van der Waals surface area contributed by atoms with Gasteiger partial charge in [-0.25, -0.2) is 9.97 Å². The second-order valence-electron chi connectivity index (χ2n) is 5.11. The molecule has 1 aromatic carbocycles. The van der Waals surface area contributed by atoms with E-state index in [1.165, 1.54) is 5.56 Å². The van der Waals surface area contributed by atoms with Gasteiger partial charge in [0.2, 0.25) is 0 Å². The Kier molecular flexibility index (Phi) is 5.51. The molecule has 0 radical (unpaired) electrons. The molecule has 0 saturated carbocycles. The lowest BCUT2D eigenvalue weighted by atomic mass is 10.0. The molecule has 5 heteroatoms. The van der Waals surface area contributed by atoms with Crippen LogP contribution in [0.15, 0.2) is 36.7 Å². The van der Waals surface area contributed by atoms with Gasteiger partial charge in [0.05, 0.1) is 6.61 Å². The van der Waals surface area contributed by atoms with E-state index in [4.69, 9.17) is 4.74 Å². The fourth-order valence-corrected chi connectivity index (χ4v) is 1.90. The Morgan fingerprint density at radius 1 is 1.10 bits per heavy atom. The molecule has 0 bridgehead atoms. The van der Waals surface area contributed by atoms with Gasteiger partial charge in [0, 0.05) is 25.4 Å². The molecule has 112 valence electrons. The molecular formula is C16H22N4O. The van der Waals surface area contributed by atoms with Crippen molar-refractivity contribution >= 4 is 17.3 Å². The van der Waals surface area contributed by atoms with Gasteiger partial charge in [-0.3, -0.25) is 0 Å². The van der Waals surface area contributed by atoms with Gasteiger partial charge in [0.1, 0.15) is 18.0 Å².